The van der Waals surface area contributed by atoms with Gasteiger partial charge in [-0.3, -0.25) is 0 Å². The van der Waals surface area contributed by atoms with Crippen molar-refractivity contribution in [3.63, 3.8) is 0 Å². The molecule has 2 amide bonds. The Kier molecular flexibility index (Phi) is 5.87. The van der Waals surface area contributed by atoms with E-state index in [1.165, 1.54) is 0 Å². The summed E-state index contributed by atoms with van der Waals surface area (Å²) in [6.07, 6.45) is 3.40. The standard InChI is InChI=1S/C16H24N2O3/c1-21-14-6-2-12(3-7-14)8-10-17-16(20)18-11-9-15(19)13-4-5-13/h2-3,6-7,13,15,19H,4-5,8-11H2,1H3,(H2,17,18,20)/t15-/m0/s1. The van der Waals surface area contributed by atoms with E-state index in [1.54, 1.807) is 7.11 Å². The summed E-state index contributed by atoms with van der Waals surface area (Å²) < 4.78 is 5.10. The number of aliphatic hydroxyl groups is 1. The van der Waals surface area contributed by atoms with Gasteiger partial charge >= 0.3 is 6.03 Å². The average molecular weight is 292 g/mol. The topological polar surface area (TPSA) is 70.6 Å². The zero-order valence-electron chi connectivity index (χ0n) is 12.5. The van der Waals surface area contributed by atoms with Crippen molar-refractivity contribution in [1.82, 2.24) is 10.6 Å². The fourth-order valence-electron chi connectivity index (χ4n) is 2.23. The number of amides is 2. The van der Waals surface area contributed by atoms with Crippen LogP contribution in [0.2, 0.25) is 0 Å². The lowest BCUT2D eigenvalue weighted by atomic mass is 10.1. The van der Waals surface area contributed by atoms with Gasteiger partial charge in [-0.1, -0.05) is 12.1 Å². The summed E-state index contributed by atoms with van der Waals surface area (Å²) in [7, 11) is 1.64. The minimum Gasteiger partial charge on any atom is -0.497 e. The van der Waals surface area contributed by atoms with Crippen LogP contribution in [0.25, 0.3) is 0 Å². The van der Waals surface area contributed by atoms with E-state index in [1.807, 2.05) is 24.3 Å². The Hall–Kier alpha value is -1.75. The molecule has 0 aliphatic heterocycles. The van der Waals surface area contributed by atoms with Gasteiger partial charge in [-0.05, 0) is 49.3 Å². The predicted octanol–water partition coefficient (Wildman–Crippen LogP) is 1.70. The van der Waals surface area contributed by atoms with E-state index in [9.17, 15) is 9.90 Å². The molecule has 0 aromatic heterocycles. The molecule has 1 aromatic carbocycles. The van der Waals surface area contributed by atoms with Gasteiger partial charge in [0.05, 0.1) is 13.2 Å². The van der Waals surface area contributed by atoms with Crippen LogP contribution in [-0.2, 0) is 6.42 Å². The molecule has 1 aromatic rings. The van der Waals surface area contributed by atoms with E-state index in [0.29, 0.717) is 25.4 Å². The van der Waals surface area contributed by atoms with Crippen molar-refractivity contribution in [2.24, 2.45) is 5.92 Å². The Balaban J connectivity index is 1.55. The number of rotatable bonds is 8. The molecule has 0 radical (unpaired) electrons. The number of methoxy groups -OCH3 is 1. The van der Waals surface area contributed by atoms with E-state index < -0.39 is 0 Å². The lowest BCUT2D eigenvalue weighted by Crippen LogP contribution is -2.38. The van der Waals surface area contributed by atoms with Crippen molar-refractivity contribution in [3.05, 3.63) is 29.8 Å². The van der Waals surface area contributed by atoms with E-state index in [2.05, 4.69) is 10.6 Å². The smallest absolute Gasteiger partial charge is 0.314 e. The first-order valence-corrected chi connectivity index (χ1v) is 7.51. The summed E-state index contributed by atoms with van der Waals surface area (Å²) in [6, 6.07) is 7.63. The maximum atomic E-state index is 11.6. The maximum absolute atomic E-state index is 11.6. The van der Waals surface area contributed by atoms with Crippen LogP contribution in [0.3, 0.4) is 0 Å². The van der Waals surface area contributed by atoms with Crippen LogP contribution in [0.1, 0.15) is 24.8 Å². The second kappa shape index (κ2) is 7.88. The summed E-state index contributed by atoms with van der Waals surface area (Å²) >= 11 is 0. The fourth-order valence-corrected chi connectivity index (χ4v) is 2.23. The van der Waals surface area contributed by atoms with Gasteiger partial charge in [0.2, 0.25) is 0 Å². The lowest BCUT2D eigenvalue weighted by molar-refractivity contribution is 0.141. The lowest BCUT2D eigenvalue weighted by Gasteiger charge is -2.11. The van der Waals surface area contributed by atoms with Gasteiger partial charge < -0.3 is 20.5 Å². The van der Waals surface area contributed by atoms with Crippen LogP contribution in [0.4, 0.5) is 4.79 Å². The van der Waals surface area contributed by atoms with Gasteiger partial charge in [0.1, 0.15) is 5.75 Å². The highest BCUT2D eigenvalue weighted by molar-refractivity contribution is 5.73. The first-order chi connectivity index (χ1) is 10.2. The van der Waals surface area contributed by atoms with Crippen LogP contribution in [0, 0.1) is 5.92 Å². The molecule has 5 heteroatoms. The molecule has 116 valence electrons. The highest BCUT2D eigenvalue weighted by Gasteiger charge is 2.29. The molecule has 2 rings (SSSR count). The zero-order valence-corrected chi connectivity index (χ0v) is 12.5. The number of carbonyl (C=O) groups excluding carboxylic acids is 1. The van der Waals surface area contributed by atoms with Crippen molar-refractivity contribution in [2.45, 2.75) is 31.8 Å². The largest absolute Gasteiger partial charge is 0.497 e. The number of ether oxygens (including phenoxy) is 1. The number of urea groups is 1. The number of aliphatic hydroxyl groups excluding tert-OH is 1. The fraction of sp³-hybridized carbons (Fsp3) is 0.562. The number of benzene rings is 1. The monoisotopic (exact) mass is 292 g/mol. The van der Waals surface area contributed by atoms with Crippen LogP contribution in [0.5, 0.6) is 5.75 Å². The molecule has 0 unspecified atom stereocenters. The number of carbonyl (C=O) groups is 1. The van der Waals surface area contributed by atoms with E-state index in [0.717, 1.165) is 30.6 Å². The third-order valence-electron chi connectivity index (χ3n) is 3.75. The van der Waals surface area contributed by atoms with Crippen LogP contribution < -0.4 is 15.4 Å². The molecule has 5 nitrogen and oxygen atoms in total. The zero-order chi connectivity index (χ0) is 15.1. The third-order valence-corrected chi connectivity index (χ3v) is 3.75. The molecule has 1 atom stereocenters. The highest BCUT2D eigenvalue weighted by Crippen LogP contribution is 2.33. The maximum Gasteiger partial charge on any atom is 0.314 e. The summed E-state index contributed by atoms with van der Waals surface area (Å²) in [4.78, 5) is 11.6. The SMILES string of the molecule is COc1ccc(CCNC(=O)NCC[C@H](O)C2CC2)cc1. The molecule has 1 saturated carbocycles. The third kappa shape index (κ3) is 5.63. The average Bonchev–Trinajstić information content (AvgIpc) is 3.32. The summed E-state index contributed by atoms with van der Waals surface area (Å²) in [5, 5.41) is 15.3. The van der Waals surface area contributed by atoms with Gasteiger partial charge in [-0.15, -0.1) is 0 Å². The summed E-state index contributed by atoms with van der Waals surface area (Å²) in [6.45, 7) is 1.11. The van der Waals surface area contributed by atoms with Gasteiger partial charge in [0.25, 0.3) is 0 Å². The quantitative estimate of drug-likeness (QED) is 0.683. The first kappa shape index (κ1) is 15.6. The van der Waals surface area contributed by atoms with Crippen molar-refractivity contribution in [1.29, 1.82) is 0 Å². The summed E-state index contributed by atoms with van der Waals surface area (Å²) in [5.74, 6) is 1.30. The van der Waals surface area contributed by atoms with Crippen molar-refractivity contribution in [3.8, 4) is 5.75 Å². The van der Waals surface area contributed by atoms with Gasteiger partial charge in [-0.25, -0.2) is 4.79 Å². The van der Waals surface area contributed by atoms with Crippen molar-refractivity contribution in [2.75, 3.05) is 20.2 Å². The van der Waals surface area contributed by atoms with Crippen LogP contribution >= 0.6 is 0 Å². The Labute approximate surface area is 125 Å². The molecule has 1 aliphatic carbocycles. The molecular weight excluding hydrogens is 268 g/mol. The second-order valence-corrected chi connectivity index (χ2v) is 5.47. The molecule has 0 heterocycles. The van der Waals surface area contributed by atoms with E-state index in [4.69, 9.17) is 4.74 Å². The molecule has 0 bridgehead atoms. The molecule has 21 heavy (non-hydrogen) atoms. The Bertz CT molecular complexity index is 443. The normalized spacial score (nSPS) is 15.3. The molecular formula is C16H24N2O3. The van der Waals surface area contributed by atoms with Crippen molar-refractivity contribution >= 4 is 6.03 Å². The number of nitrogens with one attached hydrogen (secondary N) is 2. The van der Waals surface area contributed by atoms with Crippen LogP contribution in [0.15, 0.2) is 24.3 Å². The van der Waals surface area contributed by atoms with Gasteiger partial charge in [0.15, 0.2) is 0 Å². The predicted molar refractivity (Wildman–Crippen MR) is 81.4 cm³/mol. The Morgan fingerprint density at radius 1 is 1.29 bits per heavy atom. The number of hydrogen-bond acceptors (Lipinski definition) is 3. The Morgan fingerprint density at radius 3 is 2.57 bits per heavy atom. The molecule has 1 fully saturated rings. The van der Waals surface area contributed by atoms with E-state index in [-0.39, 0.29) is 12.1 Å². The van der Waals surface area contributed by atoms with Crippen molar-refractivity contribution < 1.29 is 14.6 Å². The molecule has 0 saturated heterocycles. The number of hydrogen-bond donors (Lipinski definition) is 3. The summed E-state index contributed by atoms with van der Waals surface area (Å²) in [5.41, 5.74) is 1.15. The minimum atomic E-state index is -0.260. The Morgan fingerprint density at radius 2 is 1.95 bits per heavy atom. The second-order valence-electron chi connectivity index (χ2n) is 5.47. The molecule has 0 spiro atoms. The molecule has 1 aliphatic rings. The van der Waals surface area contributed by atoms with Gasteiger partial charge in [0, 0.05) is 13.1 Å². The highest BCUT2D eigenvalue weighted by atomic mass is 16.5. The molecule has 3 N–H and O–H groups in total. The van der Waals surface area contributed by atoms with E-state index >= 15 is 0 Å². The van der Waals surface area contributed by atoms with Gasteiger partial charge in [-0.2, -0.15) is 0 Å². The minimum absolute atomic E-state index is 0.175. The van der Waals surface area contributed by atoms with Crippen LogP contribution in [-0.4, -0.2) is 37.4 Å². The first-order valence-electron chi connectivity index (χ1n) is 7.51.